The number of ether oxygens (including phenoxy) is 1. The molecule has 0 radical (unpaired) electrons. The number of alkyl halides is 6. The van der Waals surface area contributed by atoms with E-state index in [2.05, 4.69) is 4.74 Å². The zero-order chi connectivity index (χ0) is 16.5. The molecule has 21 heavy (non-hydrogen) atoms. The van der Waals surface area contributed by atoms with Gasteiger partial charge in [0.15, 0.2) is 0 Å². The molecule has 120 valence electrons. The van der Waals surface area contributed by atoms with E-state index in [0.29, 0.717) is 12.1 Å². The van der Waals surface area contributed by atoms with Crippen molar-refractivity contribution >= 4 is 10.0 Å². The van der Waals surface area contributed by atoms with Crippen LogP contribution < -0.4 is 9.46 Å². The van der Waals surface area contributed by atoms with Crippen LogP contribution >= 0.6 is 0 Å². The van der Waals surface area contributed by atoms with Crippen molar-refractivity contribution in [3.63, 3.8) is 0 Å². The largest absolute Gasteiger partial charge is 0.471 e. The zero-order valence-electron chi connectivity index (χ0n) is 10.3. The molecule has 1 N–H and O–H groups in total. The predicted octanol–water partition coefficient (Wildman–Crippen LogP) is 2.47. The van der Waals surface area contributed by atoms with Crippen molar-refractivity contribution in [3.05, 3.63) is 24.3 Å². The number of nitrogens with one attached hydrogen (secondary N) is 1. The summed E-state index contributed by atoms with van der Waals surface area (Å²) in [5, 5.41) is 0. The number of halogens is 6. The van der Waals surface area contributed by atoms with Gasteiger partial charge >= 0.3 is 12.4 Å². The summed E-state index contributed by atoms with van der Waals surface area (Å²) in [5.41, 5.74) is 0. The second-order valence-corrected chi connectivity index (χ2v) is 5.65. The molecule has 0 aromatic heterocycles. The summed E-state index contributed by atoms with van der Waals surface area (Å²) in [6, 6.07) is 3.05. The smallest absolute Gasteiger partial charge is 0.434 e. The Bertz CT molecular complexity index is 564. The molecule has 0 spiro atoms. The van der Waals surface area contributed by atoms with Crippen molar-refractivity contribution in [1.82, 2.24) is 4.72 Å². The van der Waals surface area contributed by atoms with Gasteiger partial charge in [0.25, 0.3) is 6.10 Å². The van der Waals surface area contributed by atoms with Crippen LogP contribution in [0.5, 0.6) is 5.75 Å². The molecule has 1 rings (SSSR count). The molecule has 0 atom stereocenters. The Balaban J connectivity index is 3.03. The van der Waals surface area contributed by atoms with Crippen LogP contribution in [0.4, 0.5) is 26.3 Å². The fourth-order valence-corrected chi connectivity index (χ4v) is 2.00. The molecule has 0 heterocycles. The first-order chi connectivity index (χ1) is 9.38. The standard InChI is InChI=1S/C10H9F6NO3S/c1-17-21(18,19)7-4-2-6(3-5-7)20-8(9(11,12)13)10(14,15)16/h2-5,8,17H,1H3. The van der Waals surface area contributed by atoms with Gasteiger partial charge in [-0.15, -0.1) is 0 Å². The fourth-order valence-electron chi connectivity index (χ4n) is 1.27. The van der Waals surface area contributed by atoms with Crippen LogP contribution in [0.25, 0.3) is 0 Å². The van der Waals surface area contributed by atoms with Gasteiger partial charge < -0.3 is 4.74 Å². The third-order valence-electron chi connectivity index (χ3n) is 2.25. The molecule has 11 heteroatoms. The first kappa shape index (κ1) is 17.6. The van der Waals surface area contributed by atoms with Crippen molar-refractivity contribution in [2.75, 3.05) is 7.05 Å². The Morgan fingerprint density at radius 2 is 1.43 bits per heavy atom. The summed E-state index contributed by atoms with van der Waals surface area (Å²) in [7, 11) is -2.75. The minimum Gasteiger partial charge on any atom is -0.471 e. The second kappa shape index (κ2) is 5.72. The highest BCUT2D eigenvalue weighted by Crippen LogP contribution is 2.36. The Morgan fingerprint density at radius 3 is 1.76 bits per heavy atom. The lowest BCUT2D eigenvalue weighted by Gasteiger charge is -2.23. The lowest BCUT2D eigenvalue weighted by Crippen LogP contribution is -2.46. The van der Waals surface area contributed by atoms with E-state index in [-0.39, 0.29) is 4.90 Å². The van der Waals surface area contributed by atoms with Crippen LogP contribution in [0.2, 0.25) is 0 Å². The monoisotopic (exact) mass is 337 g/mol. The van der Waals surface area contributed by atoms with Crippen molar-refractivity contribution in [2.24, 2.45) is 0 Å². The lowest BCUT2D eigenvalue weighted by molar-refractivity contribution is -0.299. The van der Waals surface area contributed by atoms with Gasteiger partial charge in [-0.3, -0.25) is 0 Å². The van der Waals surface area contributed by atoms with E-state index < -0.39 is 34.2 Å². The van der Waals surface area contributed by atoms with E-state index in [9.17, 15) is 34.8 Å². The highest BCUT2D eigenvalue weighted by atomic mass is 32.2. The van der Waals surface area contributed by atoms with E-state index in [1.54, 1.807) is 0 Å². The van der Waals surface area contributed by atoms with Crippen LogP contribution in [-0.4, -0.2) is 33.9 Å². The van der Waals surface area contributed by atoms with Crippen molar-refractivity contribution < 1.29 is 39.5 Å². The molecule has 0 saturated heterocycles. The minimum atomic E-state index is -5.64. The molecule has 1 aromatic rings. The average molecular weight is 337 g/mol. The third-order valence-corrected chi connectivity index (χ3v) is 3.68. The number of sulfonamides is 1. The average Bonchev–Trinajstić information content (AvgIpc) is 2.34. The van der Waals surface area contributed by atoms with E-state index >= 15 is 0 Å². The molecule has 0 amide bonds. The second-order valence-electron chi connectivity index (χ2n) is 3.76. The van der Waals surface area contributed by atoms with Crippen molar-refractivity contribution in [3.8, 4) is 5.75 Å². The van der Waals surface area contributed by atoms with Crippen LogP contribution in [-0.2, 0) is 10.0 Å². The van der Waals surface area contributed by atoms with Crippen molar-refractivity contribution in [2.45, 2.75) is 23.4 Å². The summed E-state index contributed by atoms with van der Waals surface area (Å²) in [5.74, 6) is -0.760. The highest BCUT2D eigenvalue weighted by Gasteiger charge is 2.59. The normalized spacial score (nSPS) is 13.5. The summed E-state index contributed by atoms with van der Waals surface area (Å²) in [4.78, 5) is -0.326. The summed E-state index contributed by atoms with van der Waals surface area (Å²) in [6.07, 6.45) is -15.3. The van der Waals surface area contributed by atoms with Crippen LogP contribution in [0, 0.1) is 0 Å². The number of benzene rings is 1. The van der Waals surface area contributed by atoms with E-state index in [4.69, 9.17) is 0 Å². The van der Waals surface area contributed by atoms with E-state index in [0.717, 1.165) is 19.2 Å². The van der Waals surface area contributed by atoms with Gasteiger partial charge in [0.1, 0.15) is 5.75 Å². The summed E-state index contributed by atoms with van der Waals surface area (Å²) >= 11 is 0. The zero-order valence-corrected chi connectivity index (χ0v) is 11.1. The van der Waals surface area contributed by atoms with Crippen LogP contribution in [0.3, 0.4) is 0 Å². The third kappa shape index (κ3) is 4.49. The van der Waals surface area contributed by atoms with E-state index in [1.165, 1.54) is 0 Å². The quantitative estimate of drug-likeness (QED) is 0.859. The minimum absolute atomic E-state index is 0.326. The highest BCUT2D eigenvalue weighted by molar-refractivity contribution is 7.89. The van der Waals surface area contributed by atoms with Gasteiger partial charge in [-0.1, -0.05) is 0 Å². The summed E-state index contributed by atoms with van der Waals surface area (Å²) in [6.45, 7) is 0. The SMILES string of the molecule is CNS(=O)(=O)c1ccc(OC(C(F)(F)F)C(F)(F)F)cc1. The Morgan fingerprint density at radius 1 is 1.00 bits per heavy atom. The molecule has 0 bridgehead atoms. The maximum atomic E-state index is 12.3. The molecular formula is C10H9F6NO3S. The van der Waals surface area contributed by atoms with Gasteiger partial charge in [0, 0.05) is 0 Å². The van der Waals surface area contributed by atoms with Gasteiger partial charge in [-0.05, 0) is 31.3 Å². The van der Waals surface area contributed by atoms with Crippen LogP contribution in [0.15, 0.2) is 29.2 Å². The van der Waals surface area contributed by atoms with Crippen LogP contribution in [0.1, 0.15) is 0 Å². The number of hydrogen-bond acceptors (Lipinski definition) is 3. The molecule has 0 fully saturated rings. The number of hydrogen-bond donors (Lipinski definition) is 1. The molecular weight excluding hydrogens is 328 g/mol. The van der Waals surface area contributed by atoms with Crippen molar-refractivity contribution in [1.29, 1.82) is 0 Å². The Labute approximate surface area is 115 Å². The first-order valence-corrected chi connectivity index (χ1v) is 6.70. The molecule has 0 aliphatic heterocycles. The molecule has 0 saturated carbocycles. The lowest BCUT2D eigenvalue weighted by atomic mass is 10.3. The first-order valence-electron chi connectivity index (χ1n) is 5.21. The molecule has 0 aliphatic carbocycles. The topological polar surface area (TPSA) is 55.4 Å². The van der Waals surface area contributed by atoms with Gasteiger partial charge in [-0.2, -0.15) is 26.3 Å². The van der Waals surface area contributed by atoms with Gasteiger partial charge in [-0.25, -0.2) is 13.1 Å². The molecule has 1 aromatic carbocycles. The summed E-state index contributed by atoms with van der Waals surface area (Å²) < 4.78 is 102. The maximum absolute atomic E-state index is 12.3. The predicted molar refractivity (Wildman–Crippen MR) is 59.2 cm³/mol. The Kier molecular flexibility index (Phi) is 4.78. The Hall–Kier alpha value is -1.49. The number of rotatable bonds is 4. The fraction of sp³-hybridized carbons (Fsp3) is 0.400. The van der Waals surface area contributed by atoms with Gasteiger partial charge in [0.05, 0.1) is 4.90 Å². The maximum Gasteiger partial charge on any atom is 0.434 e. The van der Waals surface area contributed by atoms with Gasteiger partial charge in [0.2, 0.25) is 10.0 Å². The van der Waals surface area contributed by atoms with E-state index in [1.807, 2.05) is 4.72 Å². The molecule has 0 aliphatic rings. The molecule has 0 unspecified atom stereocenters. The molecule has 4 nitrogen and oxygen atoms in total.